The second-order valence-corrected chi connectivity index (χ2v) is 11.1. The first kappa shape index (κ1) is 25.7. The van der Waals surface area contributed by atoms with E-state index in [1.807, 2.05) is 18.3 Å². The molecule has 4 unspecified atom stereocenters. The molecule has 4 atom stereocenters. The lowest BCUT2D eigenvalue weighted by atomic mass is 9.65. The third-order valence-electron chi connectivity index (χ3n) is 8.88. The summed E-state index contributed by atoms with van der Waals surface area (Å²) in [5, 5.41) is 3.94. The van der Waals surface area contributed by atoms with Gasteiger partial charge < -0.3 is 15.0 Å². The van der Waals surface area contributed by atoms with E-state index < -0.39 is 0 Å². The summed E-state index contributed by atoms with van der Waals surface area (Å²) in [7, 11) is 4.03. The molecule has 3 aromatic rings. The fourth-order valence-electron chi connectivity index (χ4n) is 6.64. The van der Waals surface area contributed by atoms with Crippen LogP contribution in [0.1, 0.15) is 50.7 Å². The van der Waals surface area contributed by atoms with E-state index in [2.05, 4.69) is 96.5 Å². The van der Waals surface area contributed by atoms with Gasteiger partial charge in [-0.25, -0.2) is 0 Å². The van der Waals surface area contributed by atoms with Gasteiger partial charge in [0.1, 0.15) is 5.75 Å². The number of anilines is 1. The van der Waals surface area contributed by atoms with Crippen LogP contribution in [0.15, 0.2) is 66.9 Å². The summed E-state index contributed by atoms with van der Waals surface area (Å²) in [6, 6.07) is 22.7. The van der Waals surface area contributed by atoms with E-state index in [0.717, 1.165) is 50.5 Å². The number of rotatable bonds is 9. The molecule has 0 bridgehead atoms. The maximum absolute atomic E-state index is 5.58. The highest BCUT2D eigenvalue weighted by Gasteiger charge is 2.52. The summed E-state index contributed by atoms with van der Waals surface area (Å²) in [6.45, 7) is 11.3. The Morgan fingerprint density at radius 3 is 2.59 bits per heavy atom. The van der Waals surface area contributed by atoms with Crippen LogP contribution in [0.4, 0.5) is 5.69 Å². The average molecular weight is 499 g/mol. The van der Waals surface area contributed by atoms with E-state index >= 15 is 0 Å². The molecule has 37 heavy (non-hydrogen) atoms. The van der Waals surface area contributed by atoms with E-state index in [9.17, 15) is 0 Å². The Hall–Kier alpha value is -2.89. The number of hydrogen-bond donors (Lipinski definition) is 1. The summed E-state index contributed by atoms with van der Waals surface area (Å²) >= 11 is 0. The molecule has 0 radical (unpaired) electrons. The van der Waals surface area contributed by atoms with Gasteiger partial charge in [-0.05, 0) is 60.7 Å². The predicted octanol–water partition coefficient (Wildman–Crippen LogP) is 5.96. The zero-order chi connectivity index (χ0) is 26.0. The maximum atomic E-state index is 5.58. The highest BCUT2D eigenvalue weighted by molar-refractivity contribution is 5.65. The average Bonchev–Trinajstić information content (AvgIpc) is 3.25. The molecule has 2 aromatic carbocycles. The van der Waals surface area contributed by atoms with Crippen molar-refractivity contribution in [2.75, 3.05) is 38.7 Å². The van der Waals surface area contributed by atoms with Gasteiger partial charge in [-0.15, -0.1) is 0 Å². The van der Waals surface area contributed by atoms with Crippen LogP contribution in [0.3, 0.4) is 0 Å². The lowest BCUT2D eigenvalue weighted by Gasteiger charge is -2.49. The van der Waals surface area contributed by atoms with Crippen LogP contribution in [0.5, 0.6) is 5.75 Å². The highest BCUT2D eigenvalue weighted by Crippen LogP contribution is 2.54. The molecule has 5 nitrogen and oxygen atoms in total. The van der Waals surface area contributed by atoms with Gasteiger partial charge in [0, 0.05) is 55.6 Å². The van der Waals surface area contributed by atoms with Crippen LogP contribution in [0.25, 0.3) is 11.3 Å². The second kappa shape index (κ2) is 10.8. The largest absolute Gasteiger partial charge is 0.497 e. The summed E-state index contributed by atoms with van der Waals surface area (Å²) in [5.74, 6) is 1.46. The fraction of sp³-hybridized carbons (Fsp3) is 0.469. The number of ether oxygens (including phenoxy) is 1. The van der Waals surface area contributed by atoms with Gasteiger partial charge in [0.2, 0.25) is 0 Å². The number of aromatic nitrogens is 1. The number of likely N-dealkylation sites (N-methyl/N-ethyl adjacent to an activating group) is 1. The lowest BCUT2D eigenvalue weighted by Crippen LogP contribution is -2.60. The van der Waals surface area contributed by atoms with Gasteiger partial charge in [-0.2, -0.15) is 0 Å². The van der Waals surface area contributed by atoms with E-state index in [4.69, 9.17) is 4.74 Å². The Balaban J connectivity index is 1.31. The van der Waals surface area contributed by atoms with E-state index in [1.165, 1.54) is 22.4 Å². The van der Waals surface area contributed by atoms with Crippen molar-refractivity contribution in [1.29, 1.82) is 0 Å². The molecule has 0 spiro atoms. The molecule has 2 aliphatic rings. The Morgan fingerprint density at radius 1 is 1.11 bits per heavy atom. The van der Waals surface area contributed by atoms with Crippen LogP contribution < -0.4 is 15.0 Å². The summed E-state index contributed by atoms with van der Waals surface area (Å²) in [6.07, 6.45) is 4.16. The third kappa shape index (κ3) is 4.99. The molecule has 1 saturated heterocycles. The molecular weight excluding hydrogens is 456 g/mol. The SMILES string of the molecule is CCC1NCC(C)(CCN(CC)Cc2ccc(-c3ccccn3)cc2)C2c3ccc(OC)cc3N(C)C12. The third-order valence-corrected chi connectivity index (χ3v) is 8.88. The van der Waals surface area contributed by atoms with Crippen molar-refractivity contribution in [1.82, 2.24) is 15.2 Å². The topological polar surface area (TPSA) is 40.6 Å². The van der Waals surface area contributed by atoms with Crippen LogP contribution in [0.2, 0.25) is 0 Å². The van der Waals surface area contributed by atoms with Crippen molar-refractivity contribution < 1.29 is 4.74 Å². The van der Waals surface area contributed by atoms with Crippen molar-refractivity contribution >= 4 is 5.69 Å². The first-order valence-electron chi connectivity index (χ1n) is 13.8. The zero-order valence-corrected chi connectivity index (χ0v) is 23.1. The van der Waals surface area contributed by atoms with Crippen molar-refractivity contribution in [3.63, 3.8) is 0 Å². The maximum Gasteiger partial charge on any atom is 0.120 e. The minimum Gasteiger partial charge on any atom is -0.497 e. The van der Waals surface area contributed by atoms with Crippen molar-refractivity contribution in [3.8, 4) is 17.0 Å². The van der Waals surface area contributed by atoms with Crippen LogP contribution >= 0.6 is 0 Å². The smallest absolute Gasteiger partial charge is 0.120 e. The van der Waals surface area contributed by atoms with Gasteiger partial charge in [-0.3, -0.25) is 9.88 Å². The summed E-state index contributed by atoms with van der Waals surface area (Å²) in [5.41, 5.74) is 6.56. The van der Waals surface area contributed by atoms with Crippen LogP contribution in [-0.4, -0.2) is 55.8 Å². The summed E-state index contributed by atoms with van der Waals surface area (Å²) in [4.78, 5) is 9.60. The lowest BCUT2D eigenvalue weighted by molar-refractivity contribution is 0.110. The first-order chi connectivity index (χ1) is 18.0. The normalized spacial score (nSPS) is 24.7. The molecule has 1 aromatic heterocycles. The standard InChI is InChI=1S/C32H42N4O/c1-6-27-31-30(26-16-15-25(37-5)20-29(26)35(31)4)32(3,22-34-27)17-19-36(7-2)21-23-11-13-24(14-12-23)28-10-8-9-18-33-28/h8-16,18,20,27,30-31,34H,6-7,17,19,21-22H2,1-5H3. The van der Waals surface area contributed by atoms with E-state index in [1.54, 1.807) is 7.11 Å². The predicted molar refractivity (Wildman–Crippen MR) is 153 cm³/mol. The number of benzene rings is 2. The molecule has 5 rings (SSSR count). The van der Waals surface area contributed by atoms with Gasteiger partial charge in [0.15, 0.2) is 0 Å². The minimum absolute atomic E-state index is 0.181. The summed E-state index contributed by atoms with van der Waals surface area (Å²) < 4.78 is 5.58. The molecule has 5 heteroatoms. The number of nitrogens with zero attached hydrogens (tertiary/aromatic N) is 3. The molecule has 2 aliphatic heterocycles. The number of nitrogens with one attached hydrogen (secondary N) is 1. The van der Waals surface area contributed by atoms with Crippen LogP contribution in [-0.2, 0) is 6.54 Å². The zero-order valence-electron chi connectivity index (χ0n) is 23.1. The number of pyridine rings is 1. The number of methoxy groups -OCH3 is 1. The first-order valence-corrected chi connectivity index (χ1v) is 13.8. The number of hydrogen-bond acceptors (Lipinski definition) is 5. The van der Waals surface area contributed by atoms with Gasteiger partial charge in [0.25, 0.3) is 0 Å². The Labute approximate surface area is 222 Å². The molecular formula is C32H42N4O. The van der Waals surface area contributed by atoms with E-state index in [0.29, 0.717) is 18.0 Å². The van der Waals surface area contributed by atoms with Crippen LogP contribution in [0, 0.1) is 5.41 Å². The molecule has 0 aliphatic carbocycles. The quantitative estimate of drug-likeness (QED) is 0.394. The Bertz CT molecular complexity index is 1180. The second-order valence-electron chi connectivity index (χ2n) is 11.1. The monoisotopic (exact) mass is 498 g/mol. The van der Waals surface area contributed by atoms with Crippen molar-refractivity contribution in [2.24, 2.45) is 5.41 Å². The number of fused-ring (bicyclic) bond motifs is 3. The fourth-order valence-corrected chi connectivity index (χ4v) is 6.64. The van der Waals surface area contributed by atoms with Crippen molar-refractivity contribution in [3.05, 3.63) is 78.0 Å². The van der Waals surface area contributed by atoms with Crippen molar-refractivity contribution in [2.45, 2.75) is 58.2 Å². The molecule has 3 heterocycles. The Kier molecular flexibility index (Phi) is 7.55. The van der Waals surface area contributed by atoms with E-state index in [-0.39, 0.29) is 5.41 Å². The van der Waals surface area contributed by atoms with Gasteiger partial charge in [-0.1, -0.05) is 57.2 Å². The van der Waals surface area contributed by atoms with Gasteiger partial charge in [0.05, 0.1) is 18.8 Å². The highest BCUT2D eigenvalue weighted by atomic mass is 16.5. The molecule has 0 amide bonds. The molecule has 1 fully saturated rings. The molecule has 0 saturated carbocycles. The van der Waals surface area contributed by atoms with Gasteiger partial charge >= 0.3 is 0 Å². The molecule has 196 valence electrons. The molecule has 1 N–H and O–H groups in total. The number of piperidine rings is 1. The minimum atomic E-state index is 0.181. The Morgan fingerprint density at radius 2 is 1.92 bits per heavy atom.